The smallest absolute Gasteiger partial charge is 0.243 e. The lowest BCUT2D eigenvalue weighted by Crippen LogP contribution is -2.39. The van der Waals surface area contributed by atoms with E-state index in [1.807, 2.05) is 6.07 Å². The fourth-order valence-electron chi connectivity index (χ4n) is 2.45. The highest BCUT2D eigenvalue weighted by Gasteiger charge is 2.27. The molecule has 0 unspecified atom stereocenters. The van der Waals surface area contributed by atoms with Gasteiger partial charge in [0.05, 0.1) is 11.4 Å². The first-order valence-corrected chi connectivity index (χ1v) is 8.45. The quantitative estimate of drug-likeness (QED) is 0.808. The number of benzene rings is 1. The summed E-state index contributed by atoms with van der Waals surface area (Å²) in [4.78, 5) is 11.9. The lowest BCUT2D eigenvalue weighted by molar-refractivity contribution is -0.121. The Morgan fingerprint density at radius 3 is 2.90 bits per heavy atom. The van der Waals surface area contributed by atoms with Gasteiger partial charge in [-0.1, -0.05) is 12.1 Å². The van der Waals surface area contributed by atoms with Crippen LogP contribution in [0.25, 0.3) is 0 Å². The predicted octanol–water partition coefficient (Wildman–Crippen LogP) is 0.0889. The summed E-state index contributed by atoms with van der Waals surface area (Å²) in [5.41, 5.74) is 1.87. The van der Waals surface area contributed by atoms with Crippen molar-refractivity contribution in [2.24, 2.45) is 0 Å². The van der Waals surface area contributed by atoms with Crippen LogP contribution in [0.5, 0.6) is 0 Å². The van der Waals surface area contributed by atoms with Crippen LogP contribution in [0.3, 0.4) is 0 Å². The Balaban J connectivity index is 2.29. The molecule has 6 nitrogen and oxygen atoms in total. The molecular weight excluding hydrogens is 290 g/mol. The first-order valence-electron chi connectivity index (χ1n) is 7.01. The van der Waals surface area contributed by atoms with Crippen molar-refractivity contribution < 1.29 is 13.2 Å². The van der Waals surface area contributed by atoms with E-state index in [2.05, 4.69) is 10.6 Å². The minimum atomic E-state index is -3.65. The molecule has 0 aromatic heterocycles. The second-order valence-corrected chi connectivity index (χ2v) is 7.05. The van der Waals surface area contributed by atoms with Crippen LogP contribution < -0.4 is 10.6 Å². The van der Waals surface area contributed by atoms with Crippen molar-refractivity contribution in [1.29, 1.82) is 0 Å². The van der Waals surface area contributed by atoms with E-state index < -0.39 is 10.0 Å². The summed E-state index contributed by atoms with van der Waals surface area (Å²) in [6, 6.07) is 5.30. The molecule has 0 radical (unpaired) electrons. The van der Waals surface area contributed by atoms with Gasteiger partial charge in [-0.2, -0.15) is 4.31 Å². The summed E-state index contributed by atoms with van der Waals surface area (Å²) in [7, 11) is -2.21. The average Bonchev–Trinajstić information content (AvgIpc) is 2.46. The average molecular weight is 311 g/mol. The summed E-state index contributed by atoms with van der Waals surface area (Å²) < 4.78 is 26.4. The molecule has 0 aliphatic carbocycles. The Morgan fingerprint density at radius 1 is 1.43 bits per heavy atom. The Kier molecular flexibility index (Phi) is 4.97. The molecule has 1 aromatic rings. The van der Waals surface area contributed by atoms with Crippen molar-refractivity contribution in [1.82, 2.24) is 14.9 Å². The summed E-state index contributed by atoms with van der Waals surface area (Å²) in [5, 5.41) is 5.83. The topological polar surface area (TPSA) is 78.5 Å². The molecule has 1 amide bonds. The van der Waals surface area contributed by atoms with Gasteiger partial charge in [0.25, 0.3) is 0 Å². The summed E-state index contributed by atoms with van der Waals surface area (Å²) in [6.07, 6.45) is 0.680. The van der Waals surface area contributed by atoms with E-state index in [9.17, 15) is 13.2 Å². The van der Waals surface area contributed by atoms with E-state index in [0.717, 1.165) is 22.0 Å². The zero-order valence-corrected chi connectivity index (χ0v) is 13.2. The third-order valence-corrected chi connectivity index (χ3v) is 5.41. The van der Waals surface area contributed by atoms with Crippen LogP contribution in [-0.2, 0) is 27.8 Å². The van der Waals surface area contributed by atoms with Crippen LogP contribution in [0.15, 0.2) is 23.1 Å². The van der Waals surface area contributed by atoms with Crippen molar-refractivity contribution >= 4 is 15.9 Å². The van der Waals surface area contributed by atoms with E-state index in [0.29, 0.717) is 24.4 Å². The first kappa shape index (κ1) is 15.9. The largest absolute Gasteiger partial charge is 0.355 e. The van der Waals surface area contributed by atoms with Crippen LogP contribution in [0.1, 0.15) is 18.1 Å². The fraction of sp³-hybridized carbons (Fsp3) is 0.500. The molecule has 0 saturated carbocycles. The number of amides is 1. The van der Waals surface area contributed by atoms with Crippen molar-refractivity contribution in [3.05, 3.63) is 29.3 Å². The molecule has 1 aromatic carbocycles. The van der Waals surface area contributed by atoms with Crippen LogP contribution in [0, 0.1) is 0 Å². The zero-order valence-electron chi connectivity index (χ0n) is 12.3. The lowest BCUT2D eigenvalue weighted by Gasteiger charge is -2.23. The number of hydrogen-bond acceptors (Lipinski definition) is 4. The number of rotatable bonds is 5. The molecular formula is C14H21N3O3S. The Bertz CT molecular complexity index is 628. The van der Waals surface area contributed by atoms with E-state index in [-0.39, 0.29) is 12.5 Å². The Hall–Kier alpha value is -1.44. The number of nitrogens with zero attached hydrogens (tertiary/aromatic N) is 1. The van der Waals surface area contributed by atoms with Gasteiger partial charge < -0.3 is 10.6 Å². The summed E-state index contributed by atoms with van der Waals surface area (Å²) in [5.74, 6) is -0.296. The minimum Gasteiger partial charge on any atom is -0.355 e. The standard InChI is InChI=1S/C14H21N3O3S/c1-3-16-14(18)10-17(2)21(19,20)13-6-4-5-11-9-15-8-7-12(11)13/h4-6,15H,3,7-10H2,1-2H3,(H,16,18). The molecule has 1 aliphatic rings. The molecule has 0 fully saturated rings. The molecule has 21 heavy (non-hydrogen) atoms. The number of likely N-dealkylation sites (N-methyl/N-ethyl adjacent to an activating group) is 2. The normalized spacial score (nSPS) is 14.8. The predicted molar refractivity (Wildman–Crippen MR) is 80.4 cm³/mol. The van der Waals surface area contributed by atoms with Crippen LogP contribution >= 0.6 is 0 Å². The number of carbonyl (C=O) groups is 1. The van der Waals surface area contributed by atoms with Crippen molar-refractivity contribution in [2.45, 2.75) is 24.8 Å². The molecule has 0 atom stereocenters. The van der Waals surface area contributed by atoms with Gasteiger partial charge in [-0.05, 0) is 37.1 Å². The molecule has 7 heteroatoms. The monoisotopic (exact) mass is 311 g/mol. The maximum atomic E-state index is 12.7. The summed E-state index contributed by atoms with van der Waals surface area (Å²) in [6.45, 7) is 3.56. The van der Waals surface area contributed by atoms with E-state index in [4.69, 9.17) is 0 Å². The number of hydrogen-bond donors (Lipinski definition) is 2. The first-order chi connectivity index (χ1) is 9.96. The third-order valence-electron chi connectivity index (χ3n) is 3.53. The van der Waals surface area contributed by atoms with Gasteiger partial charge in [0.1, 0.15) is 0 Å². The van der Waals surface area contributed by atoms with Gasteiger partial charge in [0, 0.05) is 20.1 Å². The Morgan fingerprint density at radius 2 is 2.19 bits per heavy atom. The highest BCUT2D eigenvalue weighted by Crippen LogP contribution is 2.24. The second kappa shape index (κ2) is 6.55. The molecule has 2 rings (SSSR count). The summed E-state index contributed by atoms with van der Waals surface area (Å²) >= 11 is 0. The van der Waals surface area contributed by atoms with Gasteiger partial charge in [0.2, 0.25) is 15.9 Å². The molecule has 0 bridgehead atoms. The van der Waals surface area contributed by atoms with Crippen LogP contribution in [-0.4, -0.2) is 45.3 Å². The molecule has 1 heterocycles. The highest BCUT2D eigenvalue weighted by atomic mass is 32.2. The lowest BCUT2D eigenvalue weighted by atomic mass is 10.0. The maximum absolute atomic E-state index is 12.7. The van der Waals surface area contributed by atoms with Gasteiger partial charge in [-0.25, -0.2) is 8.42 Å². The maximum Gasteiger partial charge on any atom is 0.243 e. The highest BCUT2D eigenvalue weighted by molar-refractivity contribution is 7.89. The van der Waals surface area contributed by atoms with Crippen molar-refractivity contribution in [3.8, 4) is 0 Å². The van der Waals surface area contributed by atoms with E-state index in [1.165, 1.54) is 7.05 Å². The number of fused-ring (bicyclic) bond motifs is 1. The van der Waals surface area contributed by atoms with E-state index in [1.54, 1.807) is 19.1 Å². The fourth-order valence-corrected chi connectivity index (χ4v) is 3.86. The number of carbonyl (C=O) groups excluding carboxylic acids is 1. The SMILES string of the molecule is CCNC(=O)CN(C)S(=O)(=O)c1cccc2c1CCNC2. The van der Waals surface area contributed by atoms with E-state index >= 15 is 0 Å². The number of nitrogens with one attached hydrogen (secondary N) is 2. The van der Waals surface area contributed by atoms with Gasteiger partial charge in [-0.3, -0.25) is 4.79 Å². The second-order valence-electron chi connectivity index (χ2n) is 5.04. The molecule has 0 saturated heterocycles. The van der Waals surface area contributed by atoms with Gasteiger partial charge >= 0.3 is 0 Å². The molecule has 1 aliphatic heterocycles. The molecule has 2 N–H and O–H groups in total. The van der Waals surface area contributed by atoms with Gasteiger partial charge in [0.15, 0.2) is 0 Å². The minimum absolute atomic E-state index is 0.169. The third kappa shape index (κ3) is 3.42. The molecule has 116 valence electrons. The van der Waals surface area contributed by atoms with Gasteiger partial charge in [-0.15, -0.1) is 0 Å². The van der Waals surface area contributed by atoms with Crippen molar-refractivity contribution in [2.75, 3.05) is 26.7 Å². The number of sulfonamides is 1. The van der Waals surface area contributed by atoms with Crippen molar-refractivity contribution in [3.63, 3.8) is 0 Å². The van der Waals surface area contributed by atoms with Crippen LogP contribution in [0.4, 0.5) is 0 Å². The van der Waals surface area contributed by atoms with Crippen LogP contribution in [0.2, 0.25) is 0 Å². The Labute approximate surface area is 125 Å². The zero-order chi connectivity index (χ0) is 15.5. The molecule has 0 spiro atoms.